The summed E-state index contributed by atoms with van der Waals surface area (Å²) in [5.41, 5.74) is 0. The maximum atomic E-state index is 12.8. The number of phosphoric acid groups is 1. The van der Waals surface area contributed by atoms with Crippen molar-refractivity contribution in [2.75, 3.05) is 13.2 Å². The quantitative estimate of drug-likeness (QED) is 0.0149. The van der Waals surface area contributed by atoms with E-state index in [4.69, 9.17) is 18.5 Å². The summed E-state index contributed by atoms with van der Waals surface area (Å²) in [6, 6.07) is 0. The van der Waals surface area contributed by atoms with Gasteiger partial charge < -0.3 is 39.9 Å². The maximum Gasteiger partial charge on any atom is 0.472 e. The van der Waals surface area contributed by atoms with Gasteiger partial charge in [0.25, 0.3) is 0 Å². The van der Waals surface area contributed by atoms with Crippen LogP contribution < -0.4 is 0 Å². The number of aliphatic hydroxyl groups is 5. The van der Waals surface area contributed by atoms with Gasteiger partial charge in [0, 0.05) is 12.8 Å². The van der Waals surface area contributed by atoms with Crippen LogP contribution in [0.3, 0.4) is 0 Å². The molecule has 1 saturated carbocycles. The van der Waals surface area contributed by atoms with Crippen LogP contribution in [0.5, 0.6) is 0 Å². The summed E-state index contributed by atoms with van der Waals surface area (Å²) in [7, 11) is -5.12. The molecule has 1 aliphatic rings. The third-order valence-electron chi connectivity index (χ3n) is 10.8. The van der Waals surface area contributed by atoms with Crippen molar-refractivity contribution in [1.82, 2.24) is 0 Å². The summed E-state index contributed by atoms with van der Waals surface area (Å²) in [6.07, 6.45) is 25.1. The molecule has 0 bridgehead atoms. The number of allylic oxidation sites excluding steroid dienone is 4. The molecule has 6 N–H and O–H groups in total. The second kappa shape index (κ2) is 35.9. The number of phosphoric ester groups is 1. The third kappa shape index (κ3) is 28.5. The number of carbonyl (C=O) groups excluding carboxylic acids is 2. The average Bonchev–Trinajstić information content (AvgIpc) is 3.21. The van der Waals surface area contributed by atoms with Crippen LogP contribution in [0, 0.1) is 0 Å². The number of hydrogen-bond acceptors (Lipinski definition) is 12. The van der Waals surface area contributed by atoms with Gasteiger partial charge in [-0.3, -0.25) is 18.6 Å². The molecule has 1 fully saturated rings. The summed E-state index contributed by atoms with van der Waals surface area (Å²) in [6.45, 7) is 3.26. The van der Waals surface area contributed by atoms with Crippen LogP contribution in [0.4, 0.5) is 0 Å². The maximum absolute atomic E-state index is 12.8. The van der Waals surface area contributed by atoms with Gasteiger partial charge in [-0.1, -0.05) is 147 Å². The molecule has 0 spiro atoms. The Balaban J connectivity index is 2.46. The lowest BCUT2D eigenvalue weighted by molar-refractivity contribution is -0.220. The van der Waals surface area contributed by atoms with Crippen molar-refractivity contribution in [3.63, 3.8) is 0 Å². The van der Waals surface area contributed by atoms with Crippen molar-refractivity contribution in [1.29, 1.82) is 0 Å². The molecule has 346 valence electrons. The van der Waals surface area contributed by atoms with Crippen molar-refractivity contribution in [3.05, 3.63) is 24.3 Å². The Hall–Kier alpha value is -1.67. The fraction of sp³-hybridized carbons (Fsp3) is 0.867. The van der Waals surface area contributed by atoms with E-state index < -0.39 is 75.7 Å². The van der Waals surface area contributed by atoms with Crippen LogP contribution in [0.1, 0.15) is 194 Å². The normalized spacial score (nSPS) is 22.5. The first kappa shape index (κ1) is 55.3. The molecule has 0 saturated heterocycles. The molecular weight excluding hydrogens is 779 g/mol. The molecular formula is C45H83O13P. The molecule has 0 aromatic heterocycles. The molecule has 6 unspecified atom stereocenters. The summed E-state index contributed by atoms with van der Waals surface area (Å²) in [5.74, 6) is -1.11. The van der Waals surface area contributed by atoms with E-state index in [9.17, 15) is 44.6 Å². The minimum absolute atomic E-state index is 0.0882. The molecule has 13 nitrogen and oxygen atoms in total. The largest absolute Gasteiger partial charge is 0.472 e. The third-order valence-corrected chi connectivity index (χ3v) is 11.8. The van der Waals surface area contributed by atoms with Gasteiger partial charge >= 0.3 is 19.8 Å². The molecule has 0 amide bonds. The van der Waals surface area contributed by atoms with Gasteiger partial charge in [-0.15, -0.1) is 0 Å². The lowest BCUT2D eigenvalue weighted by Crippen LogP contribution is -2.64. The standard InChI is InChI=1S/C45H83O13P/c1-3-5-7-9-11-13-15-17-19-21-23-25-27-29-31-33-38(46)55-35-37(36-56-59(53,54)58-45-43(51)41(49)40(48)42(50)44(45)52)57-39(47)34-32-30-28-26-24-22-20-18-16-14-12-10-8-6-4-2/h9,11,18,20,37,40-45,48-52H,3-8,10,12-17,19,21-36H2,1-2H3,(H,53,54)/b11-9+,20-18+/t37-,40?,41-,42?,43?,44?,45?/m1/s1. The second-order valence-electron chi connectivity index (χ2n) is 16.3. The Morgan fingerprint density at radius 2 is 0.881 bits per heavy atom. The summed E-state index contributed by atoms with van der Waals surface area (Å²) in [5, 5.41) is 50.1. The Morgan fingerprint density at radius 3 is 1.34 bits per heavy atom. The summed E-state index contributed by atoms with van der Waals surface area (Å²) >= 11 is 0. The first-order valence-corrected chi connectivity index (χ1v) is 24.6. The van der Waals surface area contributed by atoms with E-state index in [0.717, 1.165) is 64.2 Å². The Bertz CT molecular complexity index is 1130. The Labute approximate surface area is 356 Å². The zero-order chi connectivity index (χ0) is 43.6. The summed E-state index contributed by atoms with van der Waals surface area (Å²) in [4.78, 5) is 35.7. The van der Waals surface area contributed by atoms with Gasteiger partial charge in [-0.05, 0) is 57.8 Å². The van der Waals surface area contributed by atoms with Crippen molar-refractivity contribution < 1.29 is 63.1 Å². The molecule has 0 radical (unpaired) electrons. The van der Waals surface area contributed by atoms with Crippen molar-refractivity contribution in [3.8, 4) is 0 Å². The van der Waals surface area contributed by atoms with Crippen molar-refractivity contribution >= 4 is 19.8 Å². The van der Waals surface area contributed by atoms with E-state index in [-0.39, 0.29) is 12.8 Å². The van der Waals surface area contributed by atoms with Crippen LogP contribution in [0.25, 0.3) is 0 Å². The van der Waals surface area contributed by atoms with E-state index in [1.54, 1.807) is 0 Å². The van der Waals surface area contributed by atoms with Crippen LogP contribution in [0.2, 0.25) is 0 Å². The highest BCUT2D eigenvalue weighted by molar-refractivity contribution is 7.47. The number of carbonyl (C=O) groups is 2. The number of aliphatic hydroxyl groups excluding tert-OH is 5. The highest BCUT2D eigenvalue weighted by Crippen LogP contribution is 2.47. The van der Waals surface area contributed by atoms with E-state index in [1.165, 1.54) is 89.9 Å². The average molecular weight is 863 g/mol. The van der Waals surface area contributed by atoms with Crippen LogP contribution >= 0.6 is 7.82 Å². The highest BCUT2D eigenvalue weighted by Gasteiger charge is 2.51. The minimum Gasteiger partial charge on any atom is -0.462 e. The molecule has 0 aromatic rings. The van der Waals surface area contributed by atoms with E-state index in [1.807, 2.05) is 0 Å². The molecule has 8 atom stereocenters. The predicted molar refractivity (Wildman–Crippen MR) is 230 cm³/mol. The monoisotopic (exact) mass is 863 g/mol. The van der Waals surface area contributed by atoms with Gasteiger partial charge in [0.2, 0.25) is 0 Å². The Morgan fingerprint density at radius 1 is 0.508 bits per heavy atom. The molecule has 1 aliphatic carbocycles. The van der Waals surface area contributed by atoms with Crippen molar-refractivity contribution in [2.45, 2.75) is 236 Å². The van der Waals surface area contributed by atoms with Crippen LogP contribution in [-0.2, 0) is 32.7 Å². The number of rotatable bonds is 38. The van der Waals surface area contributed by atoms with Gasteiger partial charge in [0.1, 0.15) is 43.2 Å². The fourth-order valence-electron chi connectivity index (χ4n) is 6.97. The lowest BCUT2D eigenvalue weighted by atomic mass is 9.85. The summed E-state index contributed by atoms with van der Waals surface area (Å²) < 4.78 is 33.5. The van der Waals surface area contributed by atoms with E-state index >= 15 is 0 Å². The molecule has 0 heterocycles. The Kier molecular flexibility index (Phi) is 33.7. The number of hydrogen-bond donors (Lipinski definition) is 6. The highest BCUT2D eigenvalue weighted by atomic mass is 31.2. The van der Waals surface area contributed by atoms with E-state index in [0.29, 0.717) is 12.8 Å². The van der Waals surface area contributed by atoms with Crippen LogP contribution in [0.15, 0.2) is 24.3 Å². The molecule has 0 aromatic carbocycles. The van der Waals surface area contributed by atoms with Gasteiger partial charge in [0.05, 0.1) is 6.61 Å². The molecule has 59 heavy (non-hydrogen) atoms. The van der Waals surface area contributed by atoms with Crippen LogP contribution in [-0.4, -0.2) is 98.3 Å². The first-order chi connectivity index (χ1) is 28.4. The lowest BCUT2D eigenvalue weighted by Gasteiger charge is -2.41. The van der Waals surface area contributed by atoms with Gasteiger partial charge in [-0.25, -0.2) is 4.57 Å². The SMILES string of the molecule is CCCC/C=C/CCCCCCCCCCCC(=O)OC[C@H](COP(=O)(O)OC1C(O)C(O)C(O)[C@@H](O)C1O)OC(=O)CCCCCCC/C=C/CCCCCCCC. The molecule has 1 rings (SSSR count). The van der Waals surface area contributed by atoms with Gasteiger partial charge in [0.15, 0.2) is 6.10 Å². The second-order valence-corrected chi connectivity index (χ2v) is 17.7. The fourth-order valence-corrected chi connectivity index (χ4v) is 7.94. The number of esters is 2. The zero-order valence-corrected chi connectivity index (χ0v) is 37.4. The molecule has 0 aliphatic heterocycles. The van der Waals surface area contributed by atoms with Crippen molar-refractivity contribution in [2.24, 2.45) is 0 Å². The topological polar surface area (TPSA) is 210 Å². The minimum atomic E-state index is -5.12. The predicted octanol–water partition coefficient (Wildman–Crippen LogP) is 8.84. The smallest absolute Gasteiger partial charge is 0.462 e. The first-order valence-electron chi connectivity index (χ1n) is 23.1. The number of unbranched alkanes of at least 4 members (excludes halogenated alkanes) is 22. The zero-order valence-electron chi connectivity index (χ0n) is 36.6. The number of ether oxygens (including phenoxy) is 2. The van der Waals surface area contributed by atoms with Gasteiger partial charge in [-0.2, -0.15) is 0 Å². The molecule has 14 heteroatoms. The van der Waals surface area contributed by atoms with E-state index in [2.05, 4.69) is 38.2 Å².